The molecule has 1 aromatic rings. The molecule has 0 spiro atoms. The van der Waals surface area contributed by atoms with E-state index in [2.05, 4.69) is 6.92 Å². The maximum Gasteiger partial charge on any atom is 0.379 e. The number of hydrogen-bond donors (Lipinski definition) is 4. The van der Waals surface area contributed by atoms with Crippen LogP contribution in [0.3, 0.4) is 0 Å². The van der Waals surface area contributed by atoms with Crippen molar-refractivity contribution >= 4 is 23.7 Å². The lowest BCUT2D eigenvalue weighted by molar-refractivity contribution is -0.156. The highest BCUT2D eigenvalue weighted by molar-refractivity contribution is 6.37. The van der Waals surface area contributed by atoms with Gasteiger partial charge in [0.25, 0.3) is 5.78 Å². The number of carbonyl (C=O) groups is 4. The van der Waals surface area contributed by atoms with Gasteiger partial charge in [-0.3, -0.25) is 9.59 Å². The van der Waals surface area contributed by atoms with Crippen LogP contribution in [0.5, 0.6) is 17.2 Å². The van der Waals surface area contributed by atoms with Gasteiger partial charge in [-0.15, -0.1) is 0 Å². The normalized spacial score (nSPS) is 17.4. The Hall–Kier alpha value is -3.34. The fraction of sp³-hybridized carbons (Fsp3) is 0.655. The monoisotopic (exact) mass is 566 g/mol. The van der Waals surface area contributed by atoms with Crippen LogP contribution in [0.1, 0.15) is 107 Å². The Bertz CT molecular complexity index is 967. The third-order valence-electron chi connectivity index (χ3n) is 6.82. The van der Waals surface area contributed by atoms with Crippen LogP contribution in [-0.4, -0.2) is 69.0 Å². The summed E-state index contributed by atoms with van der Waals surface area (Å²) in [5, 5.41) is 38.9. The number of phenols is 3. The van der Waals surface area contributed by atoms with Gasteiger partial charge in [-0.2, -0.15) is 0 Å². The van der Waals surface area contributed by atoms with Crippen molar-refractivity contribution in [2.24, 2.45) is 0 Å². The number of unbranched alkanes of at least 4 members (excludes halogenated alkanes) is 12. The highest BCUT2D eigenvalue weighted by Crippen LogP contribution is 2.36. The molecule has 0 bridgehead atoms. The molecule has 224 valence electrons. The summed E-state index contributed by atoms with van der Waals surface area (Å²) >= 11 is 0. The van der Waals surface area contributed by atoms with Gasteiger partial charge in [0, 0.05) is 6.42 Å². The fourth-order valence-electron chi connectivity index (χ4n) is 4.45. The second-order valence-electron chi connectivity index (χ2n) is 10.2. The van der Waals surface area contributed by atoms with Crippen molar-refractivity contribution in [3.05, 3.63) is 17.7 Å². The van der Waals surface area contributed by atoms with E-state index in [-0.39, 0.29) is 6.42 Å². The maximum absolute atomic E-state index is 12.4. The molecule has 1 fully saturated rings. The number of esters is 3. The van der Waals surface area contributed by atoms with Crippen molar-refractivity contribution in [3.63, 3.8) is 0 Å². The zero-order chi connectivity index (χ0) is 29.5. The fourth-order valence-corrected chi connectivity index (χ4v) is 4.45. The van der Waals surface area contributed by atoms with E-state index >= 15 is 0 Å². The molecule has 2 rings (SSSR count). The number of aliphatic hydroxyl groups excluding tert-OH is 1. The van der Waals surface area contributed by atoms with Crippen LogP contribution in [0, 0.1) is 0 Å². The summed E-state index contributed by atoms with van der Waals surface area (Å²) in [6.07, 6.45) is 10.3. The molecule has 40 heavy (non-hydrogen) atoms. The third-order valence-corrected chi connectivity index (χ3v) is 6.82. The van der Waals surface area contributed by atoms with Gasteiger partial charge < -0.3 is 34.6 Å². The number of aliphatic hydroxyl groups is 1. The summed E-state index contributed by atoms with van der Waals surface area (Å²) in [5.41, 5.74) is -0.433. The zero-order valence-electron chi connectivity index (χ0n) is 23.1. The summed E-state index contributed by atoms with van der Waals surface area (Å²) in [7, 11) is 0. The predicted molar refractivity (Wildman–Crippen MR) is 143 cm³/mol. The Morgan fingerprint density at radius 1 is 0.850 bits per heavy atom. The Balaban J connectivity index is 1.66. The van der Waals surface area contributed by atoms with E-state index in [1.54, 1.807) is 0 Å². The summed E-state index contributed by atoms with van der Waals surface area (Å²) in [6, 6.07) is 1.56. The lowest BCUT2D eigenvalue weighted by Gasteiger charge is -2.21. The molecule has 1 saturated heterocycles. The van der Waals surface area contributed by atoms with Crippen molar-refractivity contribution in [3.8, 4) is 17.2 Å². The molecule has 0 saturated carbocycles. The molecular formula is C29H42O11. The number of rotatable bonds is 19. The topological polar surface area (TPSA) is 177 Å². The Labute approximate surface area is 234 Å². The minimum Gasteiger partial charge on any atom is -0.504 e. The molecule has 0 aromatic heterocycles. The van der Waals surface area contributed by atoms with Crippen LogP contribution in [0.25, 0.3) is 0 Å². The largest absolute Gasteiger partial charge is 0.504 e. The number of ketones is 1. The minimum atomic E-state index is -1.84. The quantitative estimate of drug-likeness (QED) is 0.0620. The maximum atomic E-state index is 12.4. The molecule has 0 radical (unpaired) electrons. The van der Waals surface area contributed by atoms with E-state index in [0.29, 0.717) is 6.42 Å². The summed E-state index contributed by atoms with van der Waals surface area (Å²) < 4.78 is 14.9. The second-order valence-corrected chi connectivity index (χ2v) is 10.2. The van der Waals surface area contributed by atoms with Crippen LogP contribution in [0.2, 0.25) is 0 Å². The average Bonchev–Trinajstić information content (AvgIpc) is 3.21. The van der Waals surface area contributed by atoms with E-state index in [0.717, 1.165) is 31.4 Å². The van der Waals surface area contributed by atoms with Crippen LogP contribution < -0.4 is 0 Å². The lowest BCUT2D eigenvalue weighted by Crippen LogP contribution is -2.42. The van der Waals surface area contributed by atoms with Crippen LogP contribution in [0.4, 0.5) is 0 Å². The number of phenolic OH excluding ortho intramolecular Hbond substituents is 3. The van der Waals surface area contributed by atoms with E-state index < -0.39 is 71.4 Å². The van der Waals surface area contributed by atoms with Gasteiger partial charge in [-0.05, 0) is 18.6 Å². The highest BCUT2D eigenvalue weighted by atomic mass is 16.6. The highest BCUT2D eigenvalue weighted by Gasteiger charge is 2.50. The standard InChI is InChI=1S/C29H42O11/c1-2-3-4-5-6-7-8-9-10-11-12-13-14-15-23(33)38-18-22(32)26-27(25(35)29(37)39-26)40-28(36)19-16-20(30)24(34)21(31)17-19/h16-17,22,26-27,30-32,34H,2-15,18H2,1H3. The number of aromatic hydroxyl groups is 3. The summed E-state index contributed by atoms with van der Waals surface area (Å²) in [5.74, 6) is -6.85. The van der Waals surface area contributed by atoms with Crippen LogP contribution >= 0.6 is 0 Å². The van der Waals surface area contributed by atoms with Gasteiger partial charge >= 0.3 is 17.9 Å². The van der Waals surface area contributed by atoms with E-state index in [1.165, 1.54) is 57.8 Å². The van der Waals surface area contributed by atoms with E-state index in [1.807, 2.05) is 0 Å². The van der Waals surface area contributed by atoms with Gasteiger partial charge in [0.05, 0.1) is 5.56 Å². The molecule has 0 aliphatic carbocycles. The first-order valence-electron chi connectivity index (χ1n) is 14.2. The van der Waals surface area contributed by atoms with Crippen molar-refractivity contribution in [2.75, 3.05) is 6.61 Å². The second kappa shape index (κ2) is 17.4. The molecule has 1 aromatic carbocycles. The Morgan fingerprint density at radius 2 is 1.35 bits per heavy atom. The van der Waals surface area contributed by atoms with Gasteiger partial charge in [0.1, 0.15) is 12.7 Å². The Kier molecular flexibility index (Phi) is 14.3. The lowest BCUT2D eigenvalue weighted by atomic mass is 10.0. The van der Waals surface area contributed by atoms with Crippen molar-refractivity contribution in [2.45, 2.75) is 115 Å². The Morgan fingerprint density at radius 3 is 1.88 bits per heavy atom. The van der Waals surface area contributed by atoms with Gasteiger partial charge in [0.15, 0.2) is 23.4 Å². The molecule has 3 unspecified atom stereocenters. The van der Waals surface area contributed by atoms with Crippen LogP contribution in [-0.2, 0) is 28.6 Å². The molecule has 0 amide bonds. The van der Waals surface area contributed by atoms with Gasteiger partial charge in [-0.1, -0.05) is 84.0 Å². The molecule has 1 heterocycles. The molecule has 11 nitrogen and oxygen atoms in total. The minimum absolute atomic E-state index is 0.153. The van der Waals surface area contributed by atoms with E-state index in [9.17, 15) is 39.6 Å². The zero-order valence-corrected chi connectivity index (χ0v) is 23.1. The summed E-state index contributed by atoms with van der Waals surface area (Å²) in [4.78, 5) is 48.4. The van der Waals surface area contributed by atoms with Gasteiger partial charge in [0.2, 0.25) is 6.10 Å². The predicted octanol–water partition coefficient (Wildman–Crippen LogP) is 4.21. The summed E-state index contributed by atoms with van der Waals surface area (Å²) in [6.45, 7) is 1.63. The average molecular weight is 567 g/mol. The SMILES string of the molecule is CCCCCCCCCCCCCCCC(=O)OCC(O)C1OC(=O)C(=O)C1OC(=O)c1cc(O)c(O)c(O)c1. The number of carbonyl (C=O) groups excluding carboxylic acids is 4. The smallest absolute Gasteiger partial charge is 0.379 e. The number of Topliss-reactive ketones (excluding diaryl/α,β-unsaturated/α-hetero) is 1. The molecule has 3 atom stereocenters. The van der Waals surface area contributed by atoms with E-state index in [4.69, 9.17) is 14.2 Å². The molecule has 11 heteroatoms. The first kappa shape index (κ1) is 32.9. The first-order valence-corrected chi connectivity index (χ1v) is 14.2. The molecule has 4 N–H and O–H groups in total. The van der Waals surface area contributed by atoms with Crippen molar-refractivity contribution in [1.82, 2.24) is 0 Å². The number of ether oxygens (including phenoxy) is 3. The number of benzene rings is 1. The van der Waals surface area contributed by atoms with Crippen molar-refractivity contribution in [1.29, 1.82) is 0 Å². The molecule has 1 aliphatic rings. The first-order chi connectivity index (χ1) is 19.1. The molecular weight excluding hydrogens is 524 g/mol. The van der Waals surface area contributed by atoms with Gasteiger partial charge in [-0.25, -0.2) is 9.59 Å². The molecule has 1 aliphatic heterocycles. The number of hydrogen-bond acceptors (Lipinski definition) is 11. The van der Waals surface area contributed by atoms with Crippen LogP contribution in [0.15, 0.2) is 12.1 Å². The number of cyclic esters (lactones) is 1. The van der Waals surface area contributed by atoms with Crippen molar-refractivity contribution < 1.29 is 53.8 Å². The third kappa shape index (κ3) is 10.7.